The van der Waals surface area contributed by atoms with Crippen LogP contribution in [0.2, 0.25) is 5.82 Å². The summed E-state index contributed by atoms with van der Waals surface area (Å²) in [5.41, 5.74) is 0. The Balaban J connectivity index is 4.84. The first-order chi connectivity index (χ1) is 7.92. The molecule has 2 unspecified atom stereocenters. The van der Waals surface area contributed by atoms with Crippen molar-refractivity contribution in [3.8, 4) is 0 Å². The fraction of sp³-hybridized carbons (Fsp3) is 1.00. The van der Waals surface area contributed by atoms with Crippen molar-refractivity contribution in [1.82, 2.24) is 0 Å². The minimum absolute atomic E-state index is 0.182. The Morgan fingerprint density at radius 2 is 1.47 bits per heavy atom. The average molecular weight is 264 g/mol. The zero-order valence-electron chi connectivity index (χ0n) is 12.2. The van der Waals surface area contributed by atoms with E-state index in [2.05, 4.69) is 13.8 Å². The zero-order valence-corrected chi connectivity index (χ0v) is 13.0. The van der Waals surface area contributed by atoms with Gasteiger partial charge in [-0.05, 0) is 32.8 Å². The fourth-order valence-electron chi connectivity index (χ4n) is 2.39. The van der Waals surface area contributed by atoms with Crippen LogP contribution in [0.3, 0.4) is 0 Å². The number of hydrogen-bond donors (Lipinski definition) is 1. The smallest absolute Gasteiger partial charge is 0.411 e. The monoisotopic (exact) mass is 264 g/mol. The van der Waals surface area contributed by atoms with Crippen LogP contribution in [0, 0.1) is 0 Å². The van der Waals surface area contributed by atoms with Crippen molar-refractivity contribution in [3.63, 3.8) is 0 Å². The average Bonchev–Trinajstić information content (AvgIpc) is 2.23. The van der Waals surface area contributed by atoms with Crippen LogP contribution in [-0.4, -0.2) is 42.6 Å². The van der Waals surface area contributed by atoms with E-state index < -0.39 is 10.3 Å². The van der Waals surface area contributed by atoms with Gasteiger partial charge in [0.05, 0.1) is 0 Å². The highest BCUT2D eigenvalue weighted by Gasteiger charge is 2.38. The lowest BCUT2D eigenvalue weighted by Gasteiger charge is -2.40. The Kier molecular flexibility index (Phi) is 8.55. The Bertz CT molecular complexity index is 191. The maximum absolute atomic E-state index is 10.3. The summed E-state index contributed by atoms with van der Waals surface area (Å²) in [4.78, 5) is 0. The Hall–Kier alpha value is 0.295. The van der Waals surface area contributed by atoms with E-state index in [4.69, 9.17) is 9.31 Å². The molecule has 0 aliphatic carbocycles. The molecule has 0 aliphatic rings. The molecular weight excluding hydrogens is 235 g/mol. The van der Waals surface area contributed by atoms with Crippen molar-refractivity contribution in [3.05, 3.63) is 0 Å². The molecule has 0 aromatic heterocycles. The van der Waals surface area contributed by atoms with Crippen LogP contribution in [0.5, 0.6) is 0 Å². The molecule has 17 heavy (non-hydrogen) atoms. The van der Waals surface area contributed by atoms with Gasteiger partial charge < -0.3 is 13.9 Å². The van der Waals surface area contributed by atoms with E-state index in [-0.39, 0.29) is 18.2 Å². The van der Waals surface area contributed by atoms with E-state index in [0.29, 0.717) is 13.2 Å². The number of rotatable bonds is 9. The van der Waals surface area contributed by atoms with Crippen molar-refractivity contribution in [2.75, 3.05) is 25.7 Å². The minimum atomic E-state index is -1.57. The van der Waals surface area contributed by atoms with E-state index >= 15 is 0 Å². The molecule has 0 bridgehead atoms. The predicted octanol–water partition coefficient (Wildman–Crippen LogP) is 3.64. The third kappa shape index (κ3) is 5.64. The minimum Gasteiger partial charge on any atom is -0.411 e. The van der Waals surface area contributed by atoms with E-state index in [1.807, 2.05) is 26.4 Å². The molecule has 0 saturated carbocycles. The van der Waals surface area contributed by atoms with E-state index in [1.54, 1.807) is 0 Å². The van der Waals surface area contributed by atoms with Crippen LogP contribution in [0.15, 0.2) is 0 Å². The van der Waals surface area contributed by atoms with Crippen molar-refractivity contribution >= 4 is 17.4 Å². The van der Waals surface area contributed by atoms with Crippen molar-refractivity contribution in [2.24, 2.45) is 0 Å². The third-order valence-corrected chi connectivity index (χ3v) is 5.27. The lowest BCUT2D eigenvalue weighted by molar-refractivity contribution is 0.201. The second-order valence-electron chi connectivity index (χ2n) is 4.65. The van der Waals surface area contributed by atoms with E-state index in [0.717, 1.165) is 12.8 Å². The van der Waals surface area contributed by atoms with Crippen molar-refractivity contribution in [1.29, 1.82) is 0 Å². The second-order valence-corrected chi connectivity index (χ2v) is 7.95. The summed E-state index contributed by atoms with van der Waals surface area (Å²) in [5.74, 6) is 0.273. The molecule has 2 atom stereocenters. The summed E-state index contributed by atoms with van der Waals surface area (Å²) in [6.07, 6.45) is 5.85. The maximum atomic E-state index is 10.3. The van der Waals surface area contributed by atoms with Gasteiger partial charge in [0.25, 0.3) is 0 Å². The van der Waals surface area contributed by atoms with Gasteiger partial charge in [-0.3, -0.25) is 0 Å². The molecule has 0 heterocycles. The van der Waals surface area contributed by atoms with Crippen LogP contribution >= 0.6 is 10.3 Å². The summed E-state index contributed by atoms with van der Waals surface area (Å²) < 4.78 is 21.7. The van der Waals surface area contributed by atoms with Crippen LogP contribution in [0.25, 0.3) is 0 Å². The van der Waals surface area contributed by atoms with Crippen molar-refractivity contribution in [2.45, 2.75) is 51.6 Å². The molecule has 0 aromatic rings. The molecule has 3 nitrogen and oxygen atoms in total. The van der Waals surface area contributed by atoms with Gasteiger partial charge >= 0.3 is 7.12 Å². The van der Waals surface area contributed by atoms with Gasteiger partial charge in [-0.25, -0.2) is 0 Å². The fourth-order valence-corrected chi connectivity index (χ4v) is 4.38. The quantitative estimate of drug-likeness (QED) is 0.646. The molecule has 0 saturated heterocycles. The first-order valence-corrected chi connectivity index (χ1v) is 9.06. The molecule has 0 amide bonds. The summed E-state index contributed by atoms with van der Waals surface area (Å²) in [5, 5.41) is 0.274. The Morgan fingerprint density at radius 1 is 1.00 bits per heavy atom. The van der Waals surface area contributed by atoms with Crippen LogP contribution in [0.4, 0.5) is 0 Å². The highest BCUT2D eigenvalue weighted by molar-refractivity contribution is 8.28. The summed E-state index contributed by atoms with van der Waals surface area (Å²) in [6.45, 7) is 9.54. The Morgan fingerprint density at radius 3 is 1.71 bits per heavy atom. The molecule has 0 radical (unpaired) electrons. The zero-order chi connectivity index (χ0) is 13.5. The first kappa shape index (κ1) is 17.3. The number of hydrogen-bond acceptors (Lipinski definition) is 3. The molecule has 0 fully saturated rings. The Labute approximate surface area is 109 Å². The summed E-state index contributed by atoms with van der Waals surface area (Å²) >= 11 is 0. The molecular formula is C12H29BO3S. The normalized spacial score (nSPS) is 16.6. The largest absolute Gasteiger partial charge is 0.461 e. The lowest BCUT2D eigenvalue weighted by atomic mass is 9.67. The molecule has 5 heteroatoms. The maximum Gasteiger partial charge on any atom is 0.461 e. The molecule has 1 N–H and O–H groups in total. The SMILES string of the molecule is CCOB(OCC)C(CC)C(CC)S(C)(C)O. The molecule has 104 valence electrons. The van der Waals surface area contributed by atoms with E-state index in [1.165, 1.54) is 0 Å². The van der Waals surface area contributed by atoms with Gasteiger partial charge in [-0.1, -0.05) is 20.3 Å². The molecule has 0 rings (SSSR count). The highest BCUT2D eigenvalue weighted by atomic mass is 32.3. The third-order valence-electron chi connectivity index (χ3n) is 3.10. The van der Waals surface area contributed by atoms with Crippen LogP contribution < -0.4 is 0 Å². The predicted molar refractivity (Wildman–Crippen MR) is 79.2 cm³/mol. The summed E-state index contributed by atoms with van der Waals surface area (Å²) in [6, 6.07) is 0. The topological polar surface area (TPSA) is 38.7 Å². The first-order valence-electron chi connectivity index (χ1n) is 6.60. The molecule has 0 spiro atoms. The van der Waals surface area contributed by atoms with E-state index in [9.17, 15) is 4.55 Å². The van der Waals surface area contributed by atoms with Gasteiger partial charge in [-0.2, -0.15) is 0 Å². The highest BCUT2D eigenvalue weighted by Crippen LogP contribution is 2.49. The van der Waals surface area contributed by atoms with Crippen LogP contribution in [-0.2, 0) is 9.31 Å². The van der Waals surface area contributed by atoms with Gasteiger partial charge in [-0.15, -0.1) is 10.3 Å². The standard InChI is InChI=1S/C12H29BO3S/c1-7-11(12(8-2)17(5,6)14)13(15-9-3)16-10-4/h11-12,14H,7-10H2,1-6H3. The van der Waals surface area contributed by atoms with Gasteiger partial charge in [0, 0.05) is 24.3 Å². The second kappa shape index (κ2) is 8.41. The lowest BCUT2D eigenvalue weighted by Crippen LogP contribution is -2.37. The van der Waals surface area contributed by atoms with Gasteiger partial charge in [0.1, 0.15) is 0 Å². The van der Waals surface area contributed by atoms with Crippen LogP contribution in [0.1, 0.15) is 40.5 Å². The summed E-state index contributed by atoms with van der Waals surface area (Å²) in [7, 11) is -1.75. The van der Waals surface area contributed by atoms with Gasteiger partial charge in [0.15, 0.2) is 0 Å². The van der Waals surface area contributed by atoms with Gasteiger partial charge in [0.2, 0.25) is 0 Å². The van der Waals surface area contributed by atoms with Crippen molar-refractivity contribution < 1.29 is 13.9 Å². The molecule has 0 aromatic carbocycles. The molecule has 0 aliphatic heterocycles.